The minimum Gasteiger partial charge on any atom is -0.382 e. The molecule has 3 rings (SSSR count). The van der Waals surface area contributed by atoms with Crippen LogP contribution < -0.4 is 5.32 Å². The van der Waals surface area contributed by atoms with Gasteiger partial charge in [0.05, 0.1) is 12.7 Å². The Balaban J connectivity index is 1.66. The van der Waals surface area contributed by atoms with Crippen LogP contribution in [0.3, 0.4) is 0 Å². The van der Waals surface area contributed by atoms with Gasteiger partial charge < -0.3 is 15.2 Å². The number of hydrogen-bond acceptors (Lipinski definition) is 3. The minimum atomic E-state index is -0.810. The molecule has 3 nitrogen and oxygen atoms in total. The highest BCUT2D eigenvalue weighted by atomic mass is 16.5. The second-order valence-electron chi connectivity index (χ2n) is 6.96. The molecule has 0 radical (unpaired) electrons. The van der Waals surface area contributed by atoms with E-state index in [9.17, 15) is 5.11 Å². The maximum atomic E-state index is 11.2. The fraction of sp³-hybridized carbons (Fsp3) is 0.684. The zero-order valence-corrected chi connectivity index (χ0v) is 13.6. The molecule has 2 aliphatic rings. The molecular weight excluding hydrogens is 274 g/mol. The van der Waals surface area contributed by atoms with Crippen molar-refractivity contribution in [2.45, 2.75) is 50.7 Å². The Morgan fingerprint density at radius 1 is 1.23 bits per heavy atom. The molecule has 0 amide bonds. The Labute approximate surface area is 134 Å². The van der Waals surface area contributed by atoms with Crippen molar-refractivity contribution in [2.75, 3.05) is 19.7 Å². The van der Waals surface area contributed by atoms with Crippen LogP contribution in [0.15, 0.2) is 30.3 Å². The van der Waals surface area contributed by atoms with Crippen molar-refractivity contribution in [1.29, 1.82) is 0 Å². The number of rotatable bonds is 7. The summed E-state index contributed by atoms with van der Waals surface area (Å²) in [6.07, 6.45) is 6.07. The average molecular weight is 303 g/mol. The third kappa shape index (κ3) is 3.53. The van der Waals surface area contributed by atoms with Gasteiger partial charge in [0.1, 0.15) is 5.60 Å². The summed E-state index contributed by atoms with van der Waals surface area (Å²) >= 11 is 0. The second-order valence-corrected chi connectivity index (χ2v) is 6.96. The van der Waals surface area contributed by atoms with Gasteiger partial charge in [0.15, 0.2) is 0 Å². The Hall–Kier alpha value is -0.900. The third-order valence-electron chi connectivity index (χ3n) is 5.27. The van der Waals surface area contributed by atoms with Crippen molar-refractivity contribution in [3.63, 3.8) is 0 Å². The van der Waals surface area contributed by atoms with Gasteiger partial charge in [-0.3, -0.25) is 0 Å². The molecule has 2 N–H and O–H groups in total. The van der Waals surface area contributed by atoms with E-state index in [4.69, 9.17) is 4.74 Å². The molecule has 2 unspecified atom stereocenters. The van der Waals surface area contributed by atoms with Gasteiger partial charge in [0.2, 0.25) is 0 Å². The SMILES string of the molecule is CCCC1CCNC[C@H]1OCC(O)(c1ccccc1)C1CC1. The largest absolute Gasteiger partial charge is 0.382 e. The minimum absolute atomic E-state index is 0.239. The lowest BCUT2D eigenvalue weighted by Crippen LogP contribution is -2.45. The predicted molar refractivity (Wildman–Crippen MR) is 88.7 cm³/mol. The summed E-state index contributed by atoms with van der Waals surface area (Å²) in [6.45, 7) is 4.67. The van der Waals surface area contributed by atoms with Gasteiger partial charge in [0, 0.05) is 6.54 Å². The lowest BCUT2D eigenvalue weighted by atomic mass is 9.88. The van der Waals surface area contributed by atoms with Gasteiger partial charge in [-0.25, -0.2) is 0 Å². The maximum Gasteiger partial charge on any atom is 0.116 e. The molecule has 3 heteroatoms. The first kappa shape index (κ1) is 16.0. The van der Waals surface area contributed by atoms with E-state index >= 15 is 0 Å². The highest BCUT2D eigenvalue weighted by Gasteiger charge is 2.46. The average Bonchev–Trinajstić information content (AvgIpc) is 3.40. The van der Waals surface area contributed by atoms with E-state index in [-0.39, 0.29) is 6.10 Å². The van der Waals surface area contributed by atoms with Crippen LogP contribution in [-0.4, -0.2) is 30.9 Å². The van der Waals surface area contributed by atoms with Crippen LogP contribution in [0.5, 0.6) is 0 Å². The molecule has 0 aromatic heterocycles. The monoisotopic (exact) mass is 303 g/mol. The second kappa shape index (κ2) is 7.12. The van der Waals surface area contributed by atoms with Gasteiger partial charge in [-0.15, -0.1) is 0 Å². The van der Waals surface area contributed by atoms with E-state index < -0.39 is 5.60 Å². The lowest BCUT2D eigenvalue weighted by molar-refractivity contribution is -0.108. The Kier molecular flexibility index (Phi) is 5.17. The van der Waals surface area contributed by atoms with Crippen LogP contribution in [0.4, 0.5) is 0 Å². The van der Waals surface area contributed by atoms with Gasteiger partial charge in [-0.1, -0.05) is 43.7 Å². The normalized spacial score (nSPS) is 28.3. The smallest absolute Gasteiger partial charge is 0.116 e. The van der Waals surface area contributed by atoms with E-state index in [1.807, 2.05) is 30.3 Å². The summed E-state index contributed by atoms with van der Waals surface area (Å²) in [5.41, 5.74) is 0.198. The summed E-state index contributed by atoms with van der Waals surface area (Å²) in [5.74, 6) is 0.988. The topological polar surface area (TPSA) is 41.5 Å². The molecule has 0 spiro atoms. The van der Waals surface area contributed by atoms with E-state index in [0.717, 1.165) is 31.5 Å². The summed E-state index contributed by atoms with van der Waals surface area (Å²) < 4.78 is 6.26. The van der Waals surface area contributed by atoms with Crippen molar-refractivity contribution in [2.24, 2.45) is 11.8 Å². The fourth-order valence-electron chi connectivity index (χ4n) is 3.74. The van der Waals surface area contributed by atoms with E-state index in [1.165, 1.54) is 19.3 Å². The van der Waals surface area contributed by atoms with Crippen LogP contribution in [0.25, 0.3) is 0 Å². The first-order valence-electron chi connectivity index (χ1n) is 8.84. The zero-order chi connectivity index (χ0) is 15.4. The predicted octanol–water partition coefficient (Wildman–Crippen LogP) is 3.08. The Bertz CT molecular complexity index is 458. The van der Waals surface area contributed by atoms with E-state index in [2.05, 4.69) is 12.2 Å². The van der Waals surface area contributed by atoms with Crippen molar-refractivity contribution in [3.8, 4) is 0 Å². The van der Waals surface area contributed by atoms with Gasteiger partial charge in [-0.05, 0) is 49.6 Å². The number of aliphatic hydroxyl groups is 1. The van der Waals surface area contributed by atoms with Gasteiger partial charge >= 0.3 is 0 Å². The first-order valence-corrected chi connectivity index (χ1v) is 8.84. The summed E-state index contributed by atoms with van der Waals surface area (Å²) in [5, 5.41) is 14.7. The van der Waals surface area contributed by atoms with Gasteiger partial charge in [0.25, 0.3) is 0 Å². The van der Waals surface area contributed by atoms with E-state index in [1.54, 1.807) is 0 Å². The van der Waals surface area contributed by atoms with E-state index in [0.29, 0.717) is 18.4 Å². The number of piperidine rings is 1. The summed E-state index contributed by atoms with van der Waals surface area (Å²) in [4.78, 5) is 0. The first-order chi connectivity index (χ1) is 10.7. The standard InChI is InChI=1S/C19H29NO2/c1-2-6-15-11-12-20-13-18(15)22-14-19(21,17-9-10-17)16-7-4-3-5-8-16/h3-5,7-8,15,17-18,20-21H,2,6,9-14H2,1H3/t15?,18-,19?/m1/s1. The molecule has 122 valence electrons. The van der Waals surface area contributed by atoms with Crippen LogP contribution in [-0.2, 0) is 10.3 Å². The van der Waals surface area contributed by atoms with Crippen LogP contribution in [0.1, 0.15) is 44.6 Å². The molecule has 1 aliphatic heterocycles. The number of nitrogens with one attached hydrogen (secondary N) is 1. The Morgan fingerprint density at radius 3 is 2.68 bits per heavy atom. The molecule has 22 heavy (non-hydrogen) atoms. The van der Waals surface area contributed by atoms with Crippen molar-refractivity contribution in [3.05, 3.63) is 35.9 Å². The molecule has 1 aromatic rings. The molecule has 3 atom stereocenters. The fourth-order valence-corrected chi connectivity index (χ4v) is 3.74. The van der Waals surface area contributed by atoms with Crippen molar-refractivity contribution in [1.82, 2.24) is 5.32 Å². The molecule has 2 fully saturated rings. The summed E-state index contributed by atoms with van der Waals surface area (Å²) in [7, 11) is 0. The number of hydrogen-bond donors (Lipinski definition) is 2. The third-order valence-corrected chi connectivity index (χ3v) is 5.27. The maximum absolute atomic E-state index is 11.2. The quantitative estimate of drug-likeness (QED) is 0.813. The lowest BCUT2D eigenvalue weighted by Gasteiger charge is -2.36. The zero-order valence-electron chi connectivity index (χ0n) is 13.6. The number of benzene rings is 1. The van der Waals surface area contributed by atoms with Crippen LogP contribution >= 0.6 is 0 Å². The molecule has 1 heterocycles. The number of ether oxygens (including phenoxy) is 1. The van der Waals surface area contributed by atoms with Crippen molar-refractivity contribution < 1.29 is 9.84 Å². The Morgan fingerprint density at radius 2 is 2.00 bits per heavy atom. The molecule has 1 saturated carbocycles. The molecule has 1 aliphatic carbocycles. The van der Waals surface area contributed by atoms with Crippen LogP contribution in [0.2, 0.25) is 0 Å². The molecule has 0 bridgehead atoms. The summed E-state index contributed by atoms with van der Waals surface area (Å²) in [6, 6.07) is 10.1. The molecule has 1 aromatic carbocycles. The highest BCUT2D eigenvalue weighted by Crippen LogP contribution is 2.46. The molecule has 1 saturated heterocycles. The van der Waals surface area contributed by atoms with Crippen LogP contribution in [0, 0.1) is 11.8 Å². The van der Waals surface area contributed by atoms with Crippen molar-refractivity contribution >= 4 is 0 Å². The highest BCUT2D eigenvalue weighted by molar-refractivity contribution is 5.25. The molecular formula is C19H29NO2. The van der Waals surface area contributed by atoms with Gasteiger partial charge in [-0.2, -0.15) is 0 Å².